The topological polar surface area (TPSA) is 65.0 Å². The number of benzene rings is 2. The van der Waals surface area contributed by atoms with Gasteiger partial charge in [-0.25, -0.2) is 4.79 Å². The van der Waals surface area contributed by atoms with E-state index in [1.54, 1.807) is 31.2 Å². The number of esters is 1. The summed E-state index contributed by atoms with van der Waals surface area (Å²) in [5.74, 6) is -2.00. The molecule has 1 N–H and O–H groups in total. The minimum atomic E-state index is -1.53. The lowest BCUT2D eigenvalue weighted by Crippen LogP contribution is -2.44. The summed E-state index contributed by atoms with van der Waals surface area (Å²) in [6, 6.07) is 18.3. The van der Waals surface area contributed by atoms with Gasteiger partial charge in [-0.1, -0.05) is 48.5 Å². The van der Waals surface area contributed by atoms with E-state index < -0.39 is 30.1 Å². The molecule has 2 aromatic carbocycles. The zero-order chi connectivity index (χ0) is 17.9. The molecule has 25 heavy (non-hydrogen) atoms. The van der Waals surface area contributed by atoms with Crippen molar-refractivity contribution in [2.75, 3.05) is 0 Å². The van der Waals surface area contributed by atoms with Crippen LogP contribution in [0.1, 0.15) is 29.8 Å². The molecule has 132 valence electrons. The molecule has 1 fully saturated rings. The van der Waals surface area contributed by atoms with Crippen molar-refractivity contribution in [1.29, 1.82) is 0 Å². The van der Waals surface area contributed by atoms with Crippen molar-refractivity contribution in [3.8, 4) is 0 Å². The van der Waals surface area contributed by atoms with Crippen LogP contribution in [0.2, 0.25) is 0 Å². The van der Waals surface area contributed by atoms with Crippen molar-refractivity contribution >= 4 is 5.97 Å². The molecular weight excluding hydrogens is 320 g/mol. The molecule has 5 nitrogen and oxygen atoms in total. The predicted molar refractivity (Wildman–Crippen MR) is 91.8 cm³/mol. The monoisotopic (exact) mass is 342 g/mol. The Bertz CT molecular complexity index is 699. The number of ether oxygens (including phenoxy) is 3. The molecule has 1 aliphatic rings. The molecule has 2 aromatic rings. The highest BCUT2D eigenvalue weighted by Gasteiger charge is 2.53. The fourth-order valence-corrected chi connectivity index (χ4v) is 2.99. The molecule has 0 radical (unpaired) electrons. The van der Waals surface area contributed by atoms with Gasteiger partial charge in [0, 0.05) is 0 Å². The summed E-state index contributed by atoms with van der Waals surface area (Å²) in [7, 11) is 0. The van der Waals surface area contributed by atoms with Gasteiger partial charge in [0.1, 0.15) is 0 Å². The maximum atomic E-state index is 12.4. The highest BCUT2D eigenvalue weighted by molar-refractivity contribution is 5.89. The van der Waals surface area contributed by atoms with Gasteiger partial charge in [-0.2, -0.15) is 0 Å². The van der Waals surface area contributed by atoms with Gasteiger partial charge in [-0.15, -0.1) is 0 Å². The zero-order valence-electron chi connectivity index (χ0n) is 14.3. The van der Waals surface area contributed by atoms with E-state index >= 15 is 0 Å². The van der Waals surface area contributed by atoms with Gasteiger partial charge in [-0.3, -0.25) is 0 Å². The van der Waals surface area contributed by atoms with E-state index in [0.29, 0.717) is 5.56 Å². The molecule has 1 saturated heterocycles. The van der Waals surface area contributed by atoms with Gasteiger partial charge in [0.25, 0.3) is 0 Å². The molecule has 0 aromatic heterocycles. The average Bonchev–Trinajstić information content (AvgIpc) is 2.83. The predicted octanol–water partition coefficient (Wildman–Crippen LogP) is 2.92. The van der Waals surface area contributed by atoms with Gasteiger partial charge in [0.05, 0.1) is 18.3 Å². The first-order chi connectivity index (χ1) is 12.0. The third-order valence-corrected chi connectivity index (χ3v) is 4.24. The van der Waals surface area contributed by atoms with Gasteiger partial charge >= 0.3 is 5.97 Å². The van der Waals surface area contributed by atoms with Crippen molar-refractivity contribution in [3.05, 3.63) is 71.8 Å². The first kappa shape index (κ1) is 17.6. The lowest BCUT2D eigenvalue weighted by molar-refractivity contribution is -0.225. The van der Waals surface area contributed by atoms with Gasteiger partial charge < -0.3 is 19.3 Å². The van der Waals surface area contributed by atoms with E-state index in [-0.39, 0.29) is 6.61 Å². The number of hydrogen-bond acceptors (Lipinski definition) is 5. The maximum absolute atomic E-state index is 12.4. The number of hydrogen-bond donors (Lipinski definition) is 1. The minimum Gasteiger partial charge on any atom is -0.453 e. The highest BCUT2D eigenvalue weighted by atomic mass is 16.7. The summed E-state index contributed by atoms with van der Waals surface area (Å²) in [5, 5.41) is 10.5. The Labute approximate surface area is 147 Å². The molecule has 0 aliphatic carbocycles. The summed E-state index contributed by atoms with van der Waals surface area (Å²) < 4.78 is 17.0. The number of aliphatic hydroxyl groups is 1. The van der Waals surface area contributed by atoms with Crippen molar-refractivity contribution in [2.45, 2.75) is 44.6 Å². The summed E-state index contributed by atoms with van der Waals surface area (Å²) in [5.41, 5.74) is 1.41. The lowest BCUT2D eigenvalue weighted by Gasteiger charge is -2.27. The van der Waals surface area contributed by atoms with E-state index in [1.807, 2.05) is 36.4 Å². The smallest absolute Gasteiger partial charge is 0.338 e. The molecule has 1 heterocycles. The van der Waals surface area contributed by atoms with Crippen LogP contribution in [0, 0.1) is 0 Å². The van der Waals surface area contributed by atoms with Crippen molar-refractivity contribution in [2.24, 2.45) is 0 Å². The first-order valence-corrected chi connectivity index (χ1v) is 8.29. The second-order valence-corrected chi connectivity index (χ2v) is 6.33. The summed E-state index contributed by atoms with van der Waals surface area (Å²) >= 11 is 0. The highest BCUT2D eigenvalue weighted by Crippen LogP contribution is 2.34. The molecule has 4 atom stereocenters. The van der Waals surface area contributed by atoms with Crippen LogP contribution in [0.4, 0.5) is 0 Å². The zero-order valence-corrected chi connectivity index (χ0v) is 14.3. The van der Waals surface area contributed by atoms with E-state index in [0.717, 1.165) is 5.56 Å². The van der Waals surface area contributed by atoms with Crippen LogP contribution in [-0.4, -0.2) is 35.2 Å². The fourth-order valence-electron chi connectivity index (χ4n) is 2.99. The Hall–Kier alpha value is -2.21. The normalized spacial score (nSPS) is 28.7. The van der Waals surface area contributed by atoms with E-state index in [2.05, 4.69) is 0 Å². The quantitative estimate of drug-likeness (QED) is 0.847. The third-order valence-electron chi connectivity index (χ3n) is 4.24. The van der Waals surface area contributed by atoms with Crippen LogP contribution in [0.3, 0.4) is 0 Å². The Morgan fingerprint density at radius 3 is 2.36 bits per heavy atom. The SMILES string of the molecule is C[C@H]1O[C@](C)(O)[C@H](OCc2ccccc2)[C@@H]1OC(=O)c1ccccc1. The number of carbonyl (C=O) groups excluding carboxylic acids is 1. The van der Waals surface area contributed by atoms with Crippen molar-refractivity contribution in [1.82, 2.24) is 0 Å². The number of rotatable bonds is 5. The molecule has 0 spiro atoms. The molecule has 5 heteroatoms. The fraction of sp³-hybridized carbons (Fsp3) is 0.350. The Morgan fingerprint density at radius 2 is 1.72 bits per heavy atom. The van der Waals surface area contributed by atoms with E-state index in [1.165, 1.54) is 6.92 Å². The summed E-state index contributed by atoms with van der Waals surface area (Å²) in [6.07, 6.45) is -1.97. The molecule has 1 aliphatic heterocycles. The van der Waals surface area contributed by atoms with Crippen molar-refractivity contribution in [3.63, 3.8) is 0 Å². The molecule has 0 unspecified atom stereocenters. The molecular formula is C20H22O5. The summed E-state index contributed by atoms with van der Waals surface area (Å²) in [4.78, 5) is 12.4. The Morgan fingerprint density at radius 1 is 1.12 bits per heavy atom. The second kappa shape index (κ2) is 7.35. The van der Waals surface area contributed by atoms with Crippen molar-refractivity contribution < 1.29 is 24.1 Å². The maximum Gasteiger partial charge on any atom is 0.338 e. The van der Waals surface area contributed by atoms with Gasteiger partial charge in [0.15, 0.2) is 18.0 Å². The third kappa shape index (κ3) is 4.07. The van der Waals surface area contributed by atoms with Gasteiger partial charge in [-0.05, 0) is 31.5 Å². The second-order valence-electron chi connectivity index (χ2n) is 6.33. The first-order valence-electron chi connectivity index (χ1n) is 8.29. The largest absolute Gasteiger partial charge is 0.453 e. The lowest BCUT2D eigenvalue weighted by atomic mass is 10.1. The van der Waals surface area contributed by atoms with Crippen LogP contribution in [0.25, 0.3) is 0 Å². The Balaban J connectivity index is 1.72. The molecule has 0 saturated carbocycles. The van der Waals surface area contributed by atoms with Gasteiger partial charge in [0.2, 0.25) is 0 Å². The van der Waals surface area contributed by atoms with Crippen LogP contribution in [-0.2, 0) is 20.8 Å². The van der Waals surface area contributed by atoms with E-state index in [9.17, 15) is 9.90 Å². The standard InChI is InChI=1S/C20H22O5/c1-14-17(24-19(21)16-11-7-4-8-12-16)18(20(2,22)25-14)23-13-15-9-5-3-6-10-15/h3-12,14,17-18,22H,13H2,1-2H3/t14-,17-,18-,20+/m1/s1. The van der Waals surface area contributed by atoms with Crippen LogP contribution in [0.5, 0.6) is 0 Å². The average molecular weight is 342 g/mol. The summed E-state index contributed by atoms with van der Waals surface area (Å²) in [6.45, 7) is 3.57. The number of carbonyl (C=O) groups is 1. The minimum absolute atomic E-state index is 0.289. The van der Waals surface area contributed by atoms with Crippen LogP contribution >= 0.6 is 0 Å². The van der Waals surface area contributed by atoms with Crippen LogP contribution < -0.4 is 0 Å². The molecule has 0 bridgehead atoms. The van der Waals surface area contributed by atoms with E-state index in [4.69, 9.17) is 14.2 Å². The van der Waals surface area contributed by atoms with Crippen LogP contribution in [0.15, 0.2) is 60.7 Å². The molecule has 0 amide bonds. The molecule has 3 rings (SSSR count). The Kier molecular flexibility index (Phi) is 5.18.